The third kappa shape index (κ3) is 3.21. The maximum Gasteiger partial charge on any atom is 0.185 e. The summed E-state index contributed by atoms with van der Waals surface area (Å²) in [6.45, 7) is 3.54. The number of aromatic hydroxyl groups is 1. The monoisotopic (exact) mass is 441 g/mol. The van der Waals surface area contributed by atoms with Crippen molar-refractivity contribution in [1.29, 1.82) is 0 Å². The molecule has 2 saturated heterocycles. The summed E-state index contributed by atoms with van der Waals surface area (Å²) in [6.07, 6.45) is 4.62. The number of aromatic nitrogens is 5. The van der Waals surface area contributed by atoms with E-state index in [-0.39, 0.29) is 18.0 Å². The van der Waals surface area contributed by atoms with Gasteiger partial charge in [-0.05, 0) is 32.4 Å². The van der Waals surface area contributed by atoms with Crippen LogP contribution in [-0.2, 0) is 0 Å². The van der Waals surface area contributed by atoms with E-state index in [0.29, 0.717) is 17.8 Å². The van der Waals surface area contributed by atoms with Gasteiger partial charge in [0.25, 0.3) is 0 Å². The zero-order valence-corrected chi connectivity index (χ0v) is 18.1. The van der Waals surface area contributed by atoms with Crippen LogP contribution in [0.15, 0.2) is 43.1 Å². The number of fused-ring (bicyclic) bond motifs is 2. The molecule has 8 nitrogen and oxygen atoms in total. The molecule has 5 rings (SSSR count). The predicted molar refractivity (Wildman–Crippen MR) is 115 cm³/mol. The van der Waals surface area contributed by atoms with Gasteiger partial charge in [0.05, 0.1) is 35.4 Å². The lowest BCUT2D eigenvalue weighted by Gasteiger charge is -2.47. The number of nitrogens with zero attached hydrogens (tertiary/aromatic N) is 6. The first-order valence-electron chi connectivity index (χ1n) is 10.5. The maximum atomic E-state index is 15.4. The fourth-order valence-electron chi connectivity index (χ4n) is 5.04. The van der Waals surface area contributed by atoms with Gasteiger partial charge in [-0.2, -0.15) is 0 Å². The molecule has 0 saturated carbocycles. The number of imidazole rings is 1. The van der Waals surface area contributed by atoms with Crippen LogP contribution in [-0.4, -0.2) is 66.3 Å². The Morgan fingerprint density at radius 3 is 2.66 bits per heavy atom. The van der Waals surface area contributed by atoms with Crippen LogP contribution in [0, 0.1) is 0 Å². The van der Waals surface area contributed by atoms with Gasteiger partial charge in [0.1, 0.15) is 18.1 Å². The Balaban J connectivity index is 1.38. The van der Waals surface area contributed by atoms with E-state index in [1.54, 1.807) is 61.2 Å². The van der Waals surface area contributed by atoms with E-state index in [4.69, 9.17) is 0 Å². The number of alkyl halides is 2. The third-order valence-electron chi connectivity index (χ3n) is 6.88. The molecule has 0 spiro atoms. The second kappa shape index (κ2) is 7.19. The molecule has 32 heavy (non-hydrogen) atoms. The van der Waals surface area contributed by atoms with Crippen molar-refractivity contribution in [3.05, 3.63) is 43.1 Å². The first kappa shape index (κ1) is 20.7. The highest BCUT2D eigenvalue weighted by molar-refractivity contribution is 5.66. The Morgan fingerprint density at radius 1 is 1.19 bits per heavy atom. The Morgan fingerprint density at radius 2 is 2.00 bits per heavy atom. The molecule has 5 atom stereocenters. The van der Waals surface area contributed by atoms with E-state index < -0.39 is 29.5 Å². The van der Waals surface area contributed by atoms with Crippen LogP contribution in [0.1, 0.15) is 26.7 Å². The number of nitrogens with one attached hydrogen (secondary N) is 1. The molecule has 2 aliphatic heterocycles. The van der Waals surface area contributed by atoms with E-state index in [1.807, 2.05) is 6.07 Å². The van der Waals surface area contributed by atoms with Gasteiger partial charge in [-0.25, -0.2) is 18.7 Å². The lowest BCUT2D eigenvalue weighted by molar-refractivity contribution is 0.0796. The first-order valence-corrected chi connectivity index (χ1v) is 10.5. The quantitative estimate of drug-likeness (QED) is 0.643. The zero-order chi connectivity index (χ0) is 22.7. The van der Waals surface area contributed by atoms with Crippen molar-refractivity contribution in [1.82, 2.24) is 30.0 Å². The van der Waals surface area contributed by atoms with Crippen molar-refractivity contribution < 1.29 is 13.9 Å². The molecule has 2 bridgehead atoms. The van der Waals surface area contributed by atoms with Gasteiger partial charge in [-0.15, -0.1) is 10.2 Å². The second-order valence-corrected chi connectivity index (χ2v) is 9.23. The Bertz CT molecular complexity index is 1130. The molecule has 2 fully saturated rings. The van der Waals surface area contributed by atoms with Crippen LogP contribution in [0.25, 0.3) is 17.1 Å². The summed E-state index contributed by atoms with van der Waals surface area (Å²) in [5, 5.41) is 22.0. The minimum Gasteiger partial charge on any atom is -0.507 e. The molecular formula is C22H25F2N7O. The van der Waals surface area contributed by atoms with E-state index in [2.05, 4.69) is 25.5 Å². The van der Waals surface area contributed by atoms with Gasteiger partial charge in [0.2, 0.25) is 0 Å². The van der Waals surface area contributed by atoms with Gasteiger partial charge in [-0.3, -0.25) is 0 Å². The molecule has 10 heteroatoms. The van der Waals surface area contributed by atoms with Crippen molar-refractivity contribution >= 4 is 5.82 Å². The lowest BCUT2D eigenvalue weighted by atomic mass is 9.82. The summed E-state index contributed by atoms with van der Waals surface area (Å²) in [4.78, 5) is 10.0. The number of rotatable bonds is 4. The number of piperidine rings is 1. The molecule has 3 aromatic rings. The Hall–Kier alpha value is -3.14. The molecule has 4 heterocycles. The number of hydrogen-bond donors (Lipinski definition) is 2. The standard InChI is InChI=1S/C22H25F2N7O/c1-21-9-15(19(24)22(2,29-21)10-17(21)23)30(3)18-11-26-20(28-27-18)14-5-4-13(8-16(14)32)31-7-6-25-12-31/h4-8,11-12,15,17,19,29,32H,9-10H2,1-3H3/t15-,17-,19+,21+,22+/m1/s1. The van der Waals surface area contributed by atoms with E-state index >= 15 is 4.39 Å². The molecule has 2 aromatic heterocycles. The van der Waals surface area contributed by atoms with Gasteiger partial charge < -0.3 is 19.9 Å². The lowest BCUT2D eigenvalue weighted by Crippen LogP contribution is -2.66. The van der Waals surface area contributed by atoms with Crippen molar-refractivity contribution in [2.75, 3.05) is 11.9 Å². The highest BCUT2D eigenvalue weighted by Gasteiger charge is 2.61. The van der Waals surface area contributed by atoms with Crippen molar-refractivity contribution in [3.8, 4) is 22.8 Å². The van der Waals surface area contributed by atoms with Crippen LogP contribution in [0.5, 0.6) is 5.75 Å². The highest BCUT2D eigenvalue weighted by atomic mass is 19.1. The number of anilines is 1. The highest BCUT2D eigenvalue weighted by Crippen LogP contribution is 2.46. The minimum absolute atomic E-state index is 0.00712. The number of phenols is 1. The Labute approximate surface area is 184 Å². The van der Waals surface area contributed by atoms with Gasteiger partial charge in [0, 0.05) is 37.5 Å². The zero-order valence-electron chi connectivity index (χ0n) is 18.1. The second-order valence-electron chi connectivity index (χ2n) is 9.23. The van der Waals surface area contributed by atoms with Crippen LogP contribution in [0.2, 0.25) is 0 Å². The van der Waals surface area contributed by atoms with Crippen molar-refractivity contribution in [2.45, 2.75) is 56.2 Å². The summed E-state index contributed by atoms with van der Waals surface area (Å²) in [7, 11) is 1.73. The van der Waals surface area contributed by atoms with E-state index in [0.717, 1.165) is 5.69 Å². The molecule has 1 aromatic carbocycles. The van der Waals surface area contributed by atoms with Gasteiger partial charge >= 0.3 is 0 Å². The van der Waals surface area contributed by atoms with Crippen LogP contribution < -0.4 is 10.2 Å². The van der Waals surface area contributed by atoms with E-state index in [1.165, 1.54) is 6.20 Å². The average Bonchev–Trinajstić information content (AvgIpc) is 3.37. The minimum atomic E-state index is -1.28. The SMILES string of the molecule is CN(c1cnc(-c2ccc(-n3ccnc3)cc2O)nn1)[C@@H]1C[C@]2(C)N[C@@](C)(C[C@H]2F)[C@H]1F. The van der Waals surface area contributed by atoms with Gasteiger partial charge in [-0.1, -0.05) is 0 Å². The van der Waals surface area contributed by atoms with Crippen LogP contribution in [0.4, 0.5) is 14.6 Å². The number of halogens is 2. The molecule has 0 aliphatic carbocycles. The molecule has 2 aliphatic rings. The summed E-state index contributed by atoms with van der Waals surface area (Å²) < 4.78 is 31.7. The van der Waals surface area contributed by atoms with Crippen molar-refractivity contribution in [2.24, 2.45) is 0 Å². The first-order chi connectivity index (χ1) is 15.2. The van der Waals surface area contributed by atoms with Crippen molar-refractivity contribution in [3.63, 3.8) is 0 Å². The molecule has 2 N–H and O–H groups in total. The summed E-state index contributed by atoms with van der Waals surface area (Å²) in [6, 6.07) is 4.55. The maximum absolute atomic E-state index is 15.4. The van der Waals surface area contributed by atoms with Gasteiger partial charge in [0.15, 0.2) is 11.6 Å². The molecule has 0 unspecified atom stereocenters. The largest absolute Gasteiger partial charge is 0.507 e. The fourth-order valence-corrected chi connectivity index (χ4v) is 5.04. The average molecular weight is 441 g/mol. The van der Waals surface area contributed by atoms with Crippen LogP contribution >= 0.6 is 0 Å². The number of phenolic OH excluding ortho intramolecular Hbond substituents is 1. The number of benzene rings is 1. The molecule has 0 amide bonds. The molecule has 0 radical (unpaired) electrons. The predicted octanol–water partition coefficient (Wildman–Crippen LogP) is 2.83. The van der Waals surface area contributed by atoms with Crippen LogP contribution in [0.3, 0.4) is 0 Å². The smallest absolute Gasteiger partial charge is 0.185 e. The fraction of sp³-hybridized carbons (Fsp3) is 0.455. The topological polar surface area (TPSA) is 92.0 Å². The summed E-state index contributed by atoms with van der Waals surface area (Å²) in [5.74, 6) is 0.647. The normalized spacial score (nSPS) is 31.6. The number of hydrogen-bond acceptors (Lipinski definition) is 7. The summed E-state index contributed by atoms with van der Waals surface area (Å²) >= 11 is 0. The molecule has 168 valence electrons. The third-order valence-corrected chi connectivity index (χ3v) is 6.88. The van der Waals surface area contributed by atoms with E-state index in [9.17, 15) is 9.50 Å². The molecular weight excluding hydrogens is 416 g/mol. The summed E-state index contributed by atoms with van der Waals surface area (Å²) in [5.41, 5.74) is -0.524. The Kier molecular flexibility index (Phi) is 4.66.